The highest BCUT2D eigenvalue weighted by Crippen LogP contribution is 2.25. The first-order valence-corrected chi connectivity index (χ1v) is 7.59. The Bertz CT molecular complexity index is 522. The number of piperidine rings is 1. The molecule has 1 unspecified atom stereocenters. The maximum atomic E-state index is 11.9. The number of carbonyl (C=O) groups is 2. The monoisotopic (exact) mass is 292 g/mol. The zero-order valence-electron chi connectivity index (χ0n) is 11.9. The van der Waals surface area contributed by atoms with Crippen molar-refractivity contribution in [1.29, 1.82) is 0 Å². The van der Waals surface area contributed by atoms with Crippen LogP contribution in [0.1, 0.15) is 56.2 Å². The van der Waals surface area contributed by atoms with E-state index in [0.717, 1.165) is 32.1 Å². The fourth-order valence-electron chi connectivity index (χ4n) is 3.00. The van der Waals surface area contributed by atoms with Crippen molar-refractivity contribution in [2.75, 3.05) is 6.54 Å². The van der Waals surface area contributed by atoms with Gasteiger partial charge in [-0.2, -0.15) is 4.98 Å². The van der Waals surface area contributed by atoms with Crippen molar-refractivity contribution >= 4 is 11.8 Å². The van der Waals surface area contributed by atoms with Gasteiger partial charge in [0.2, 0.25) is 17.7 Å². The van der Waals surface area contributed by atoms with Crippen molar-refractivity contribution in [3.05, 3.63) is 11.7 Å². The number of carbonyl (C=O) groups excluding carboxylic acids is 2. The van der Waals surface area contributed by atoms with Crippen molar-refractivity contribution in [2.45, 2.75) is 51.0 Å². The summed E-state index contributed by atoms with van der Waals surface area (Å²) in [4.78, 5) is 27.6. The number of hydrogen-bond donors (Lipinski definition) is 2. The summed E-state index contributed by atoms with van der Waals surface area (Å²) in [7, 11) is 0. The summed E-state index contributed by atoms with van der Waals surface area (Å²) in [5.74, 6) is 1.21. The van der Waals surface area contributed by atoms with Gasteiger partial charge in [0.05, 0.1) is 6.54 Å². The largest absolute Gasteiger partial charge is 0.356 e. The minimum atomic E-state index is 0.0155. The predicted octanol–water partition coefficient (Wildman–Crippen LogP) is 0.870. The summed E-state index contributed by atoms with van der Waals surface area (Å²) < 4.78 is 5.16. The van der Waals surface area contributed by atoms with E-state index < -0.39 is 0 Å². The van der Waals surface area contributed by atoms with Crippen LogP contribution < -0.4 is 10.6 Å². The van der Waals surface area contributed by atoms with Gasteiger partial charge in [-0.15, -0.1) is 0 Å². The van der Waals surface area contributed by atoms with E-state index in [-0.39, 0.29) is 30.2 Å². The molecular formula is C14H20N4O3. The fraction of sp³-hybridized carbons (Fsp3) is 0.714. The predicted molar refractivity (Wildman–Crippen MR) is 73.1 cm³/mol. The molecule has 2 fully saturated rings. The topological polar surface area (TPSA) is 97.1 Å². The van der Waals surface area contributed by atoms with Crippen LogP contribution in [0.25, 0.3) is 0 Å². The number of hydrogen-bond acceptors (Lipinski definition) is 5. The first kappa shape index (κ1) is 14.0. The van der Waals surface area contributed by atoms with Gasteiger partial charge in [0.25, 0.3) is 0 Å². The third-order valence-corrected chi connectivity index (χ3v) is 4.24. The number of aromatic nitrogens is 2. The minimum Gasteiger partial charge on any atom is -0.356 e. The highest BCUT2D eigenvalue weighted by molar-refractivity contribution is 5.78. The lowest BCUT2D eigenvalue weighted by atomic mass is 9.97. The zero-order chi connectivity index (χ0) is 14.7. The molecule has 0 spiro atoms. The maximum Gasteiger partial charge on any atom is 0.246 e. The Kier molecular flexibility index (Phi) is 4.17. The van der Waals surface area contributed by atoms with Crippen molar-refractivity contribution in [2.24, 2.45) is 5.92 Å². The molecule has 1 aliphatic heterocycles. The van der Waals surface area contributed by atoms with Gasteiger partial charge in [0.15, 0.2) is 5.82 Å². The molecule has 0 radical (unpaired) electrons. The Morgan fingerprint density at radius 3 is 2.90 bits per heavy atom. The van der Waals surface area contributed by atoms with Gasteiger partial charge >= 0.3 is 0 Å². The second-order valence-electron chi connectivity index (χ2n) is 5.79. The zero-order valence-corrected chi connectivity index (χ0v) is 11.9. The van der Waals surface area contributed by atoms with Gasteiger partial charge in [-0.05, 0) is 19.3 Å². The summed E-state index contributed by atoms with van der Waals surface area (Å²) in [6, 6.07) is 0. The molecule has 2 aliphatic rings. The Balaban J connectivity index is 1.52. The van der Waals surface area contributed by atoms with Crippen molar-refractivity contribution < 1.29 is 14.1 Å². The van der Waals surface area contributed by atoms with Crippen LogP contribution in [0.3, 0.4) is 0 Å². The lowest BCUT2D eigenvalue weighted by molar-refractivity contribution is -0.125. The summed E-state index contributed by atoms with van der Waals surface area (Å²) in [6.07, 6.45) is 5.42. The molecule has 1 aromatic heterocycles. The van der Waals surface area contributed by atoms with E-state index in [1.54, 1.807) is 0 Å². The van der Waals surface area contributed by atoms with E-state index in [4.69, 9.17) is 4.52 Å². The Morgan fingerprint density at radius 1 is 1.33 bits per heavy atom. The average molecular weight is 292 g/mol. The Labute approximate surface area is 122 Å². The third-order valence-electron chi connectivity index (χ3n) is 4.24. The molecule has 3 rings (SSSR count). The van der Waals surface area contributed by atoms with Crippen molar-refractivity contribution in [3.63, 3.8) is 0 Å². The molecule has 2 amide bonds. The lowest BCUT2D eigenvalue weighted by Gasteiger charge is -2.18. The van der Waals surface area contributed by atoms with E-state index in [1.165, 1.54) is 0 Å². The van der Waals surface area contributed by atoms with Gasteiger partial charge in [0.1, 0.15) is 0 Å². The van der Waals surface area contributed by atoms with Crippen molar-refractivity contribution in [1.82, 2.24) is 20.8 Å². The summed E-state index contributed by atoms with van der Waals surface area (Å²) >= 11 is 0. The SMILES string of the molecule is O=C1CC(c2noc(CNC(=O)C3CCCC3)n2)CCN1. The van der Waals surface area contributed by atoms with Gasteiger partial charge in [-0.3, -0.25) is 9.59 Å². The molecule has 21 heavy (non-hydrogen) atoms. The molecular weight excluding hydrogens is 272 g/mol. The normalized spacial score (nSPS) is 23.0. The Hall–Kier alpha value is -1.92. The maximum absolute atomic E-state index is 11.9. The standard InChI is InChI=1S/C14H20N4O3/c19-11-7-10(5-6-15-11)13-17-12(21-18-13)8-16-14(20)9-3-1-2-4-9/h9-10H,1-8H2,(H,15,19)(H,16,20). The van der Waals surface area contributed by atoms with Crippen LogP contribution in [0.15, 0.2) is 4.52 Å². The number of nitrogens with zero attached hydrogens (tertiary/aromatic N) is 2. The lowest BCUT2D eigenvalue weighted by Crippen LogP contribution is -2.33. The Morgan fingerprint density at radius 2 is 2.14 bits per heavy atom. The molecule has 0 aromatic carbocycles. The molecule has 7 heteroatoms. The van der Waals surface area contributed by atoms with E-state index >= 15 is 0 Å². The highest BCUT2D eigenvalue weighted by Gasteiger charge is 2.26. The first-order valence-electron chi connectivity index (χ1n) is 7.59. The highest BCUT2D eigenvalue weighted by atomic mass is 16.5. The molecule has 1 saturated carbocycles. The molecule has 1 aromatic rings. The summed E-state index contributed by atoms with van der Waals surface area (Å²) in [5.41, 5.74) is 0. The number of amides is 2. The first-order chi connectivity index (χ1) is 10.2. The number of rotatable bonds is 4. The van der Waals surface area contributed by atoms with Crippen LogP contribution in [0.4, 0.5) is 0 Å². The molecule has 1 saturated heterocycles. The molecule has 1 aliphatic carbocycles. The quantitative estimate of drug-likeness (QED) is 0.858. The van der Waals surface area contributed by atoms with Crippen LogP contribution in [-0.2, 0) is 16.1 Å². The smallest absolute Gasteiger partial charge is 0.246 e. The molecule has 1 atom stereocenters. The second-order valence-corrected chi connectivity index (χ2v) is 5.79. The average Bonchev–Trinajstić information content (AvgIpc) is 3.16. The van der Waals surface area contributed by atoms with Crippen LogP contribution in [0.5, 0.6) is 0 Å². The van der Waals surface area contributed by atoms with E-state index in [1.807, 2.05) is 0 Å². The molecule has 2 N–H and O–H groups in total. The second kappa shape index (κ2) is 6.24. The van der Waals surface area contributed by atoms with E-state index in [9.17, 15) is 9.59 Å². The molecule has 2 heterocycles. The third kappa shape index (κ3) is 3.40. The van der Waals surface area contributed by atoms with Gasteiger partial charge in [0, 0.05) is 24.8 Å². The summed E-state index contributed by atoms with van der Waals surface area (Å²) in [5, 5.41) is 9.56. The van der Waals surface area contributed by atoms with Gasteiger partial charge < -0.3 is 15.2 Å². The number of nitrogens with one attached hydrogen (secondary N) is 2. The van der Waals surface area contributed by atoms with E-state index in [2.05, 4.69) is 20.8 Å². The molecule has 114 valence electrons. The van der Waals surface area contributed by atoms with E-state index in [0.29, 0.717) is 24.7 Å². The van der Waals surface area contributed by atoms with Crippen LogP contribution >= 0.6 is 0 Å². The minimum absolute atomic E-state index is 0.0155. The fourth-order valence-corrected chi connectivity index (χ4v) is 3.00. The molecule has 7 nitrogen and oxygen atoms in total. The van der Waals surface area contributed by atoms with Crippen molar-refractivity contribution in [3.8, 4) is 0 Å². The van der Waals surface area contributed by atoms with Gasteiger partial charge in [-0.1, -0.05) is 18.0 Å². The van der Waals surface area contributed by atoms with Crippen LogP contribution in [0, 0.1) is 5.92 Å². The van der Waals surface area contributed by atoms with Gasteiger partial charge in [-0.25, -0.2) is 0 Å². The summed E-state index contributed by atoms with van der Waals surface area (Å²) in [6.45, 7) is 0.910. The molecule has 0 bridgehead atoms. The van der Waals surface area contributed by atoms with Crippen LogP contribution in [0.2, 0.25) is 0 Å². The van der Waals surface area contributed by atoms with Crippen LogP contribution in [-0.4, -0.2) is 28.5 Å².